The molecule has 0 aromatic heterocycles. The molecule has 0 aliphatic carbocycles. The average Bonchev–Trinajstić information content (AvgIpc) is 2.54. The maximum atomic E-state index is 5.76. The molecular formula is C18H38O5. The zero-order valence-corrected chi connectivity index (χ0v) is 16.0. The van der Waals surface area contributed by atoms with Crippen molar-refractivity contribution in [1.82, 2.24) is 0 Å². The van der Waals surface area contributed by atoms with Crippen LogP contribution in [0, 0.1) is 0 Å². The van der Waals surface area contributed by atoms with Gasteiger partial charge in [0, 0.05) is 13.2 Å². The van der Waals surface area contributed by atoms with Crippen molar-refractivity contribution in [3.63, 3.8) is 0 Å². The van der Waals surface area contributed by atoms with E-state index in [1.807, 2.05) is 27.7 Å². The van der Waals surface area contributed by atoms with E-state index in [9.17, 15) is 0 Å². The third-order valence-corrected chi connectivity index (χ3v) is 3.15. The van der Waals surface area contributed by atoms with Gasteiger partial charge in [0.25, 0.3) is 0 Å². The molecule has 0 amide bonds. The summed E-state index contributed by atoms with van der Waals surface area (Å²) in [5.74, 6) is 0. The van der Waals surface area contributed by atoms with Crippen LogP contribution in [0.4, 0.5) is 0 Å². The fourth-order valence-corrected chi connectivity index (χ4v) is 1.80. The van der Waals surface area contributed by atoms with E-state index >= 15 is 0 Å². The molecule has 0 aliphatic heterocycles. The number of hydrogen-bond donors (Lipinski definition) is 0. The SMILES string of the molecule is CCCOCC(C)OCC(C)OCC(C)OCC(C)OCCC. The summed E-state index contributed by atoms with van der Waals surface area (Å²) in [6.45, 7) is 16.2. The largest absolute Gasteiger partial charge is 0.379 e. The van der Waals surface area contributed by atoms with Crippen molar-refractivity contribution < 1.29 is 23.7 Å². The van der Waals surface area contributed by atoms with Gasteiger partial charge in [-0.05, 0) is 40.5 Å². The van der Waals surface area contributed by atoms with Crippen LogP contribution in [0.2, 0.25) is 0 Å². The highest BCUT2D eigenvalue weighted by atomic mass is 16.6. The third kappa shape index (κ3) is 15.1. The fourth-order valence-electron chi connectivity index (χ4n) is 1.80. The van der Waals surface area contributed by atoms with Crippen molar-refractivity contribution in [2.75, 3.05) is 39.6 Å². The fraction of sp³-hybridized carbons (Fsp3) is 1.00. The van der Waals surface area contributed by atoms with E-state index in [0.717, 1.165) is 26.1 Å². The van der Waals surface area contributed by atoms with E-state index in [2.05, 4.69) is 13.8 Å². The van der Waals surface area contributed by atoms with Gasteiger partial charge in [-0.3, -0.25) is 0 Å². The molecule has 0 radical (unpaired) electrons. The molecule has 0 fully saturated rings. The Bertz CT molecular complexity index is 250. The van der Waals surface area contributed by atoms with Gasteiger partial charge in [0.1, 0.15) is 0 Å². The van der Waals surface area contributed by atoms with Gasteiger partial charge >= 0.3 is 0 Å². The van der Waals surface area contributed by atoms with Gasteiger partial charge in [-0.15, -0.1) is 0 Å². The van der Waals surface area contributed by atoms with E-state index < -0.39 is 0 Å². The van der Waals surface area contributed by atoms with Crippen LogP contribution in [0.3, 0.4) is 0 Å². The van der Waals surface area contributed by atoms with Crippen molar-refractivity contribution in [3.05, 3.63) is 0 Å². The van der Waals surface area contributed by atoms with Crippen molar-refractivity contribution in [2.24, 2.45) is 0 Å². The van der Waals surface area contributed by atoms with E-state index in [0.29, 0.717) is 26.4 Å². The molecule has 0 saturated heterocycles. The highest BCUT2D eigenvalue weighted by Crippen LogP contribution is 2.02. The summed E-state index contributed by atoms with van der Waals surface area (Å²) in [6.07, 6.45) is 2.38. The predicted molar refractivity (Wildman–Crippen MR) is 93.1 cm³/mol. The minimum atomic E-state index is 0.0449. The summed E-state index contributed by atoms with van der Waals surface area (Å²) in [5, 5.41) is 0. The molecule has 0 saturated carbocycles. The molecule has 5 nitrogen and oxygen atoms in total. The summed E-state index contributed by atoms with van der Waals surface area (Å²) >= 11 is 0. The third-order valence-electron chi connectivity index (χ3n) is 3.15. The number of hydrogen-bond acceptors (Lipinski definition) is 5. The van der Waals surface area contributed by atoms with Crippen molar-refractivity contribution >= 4 is 0 Å². The molecule has 23 heavy (non-hydrogen) atoms. The first-order chi connectivity index (χ1) is 11.0. The second-order valence-corrected chi connectivity index (χ2v) is 6.19. The topological polar surface area (TPSA) is 46.2 Å². The van der Waals surface area contributed by atoms with Crippen LogP contribution in [0.25, 0.3) is 0 Å². The van der Waals surface area contributed by atoms with Gasteiger partial charge in [0.2, 0.25) is 0 Å². The van der Waals surface area contributed by atoms with Gasteiger partial charge in [-0.25, -0.2) is 0 Å². The van der Waals surface area contributed by atoms with E-state index in [-0.39, 0.29) is 24.4 Å². The van der Waals surface area contributed by atoms with Crippen LogP contribution in [-0.4, -0.2) is 64.1 Å². The standard InChI is InChI=1S/C18H38O5/c1-7-9-19-11-15(3)21-13-17(5)23-14-18(6)22-12-16(4)20-10-8-2/h15-18H,7-14H2,1-6H3. The lowest BCUT2D eigenvalue weighted by Crippen LogP contribution is -2.28. The van der Waals surface area contributed by atoms with Gasteiger partial charge in [-0.2, -0.15) is 0 Å². The Morgan fingerprint density at radius 2 is 0.913 bits per heavy atom. The molecule has 5 heteroatoms. The van der Waals surface area contributed by atoms with Crippen LogP contribution in [0.5, 0.6) is 0 Å². The lowest BCUT2D eigenvalue weighted by Gasteiger charge is -2.21. The quantitative estimate of drug-likeness (QED) is 0.405. The number of ether oxygens (including phenoxy) is 5. The van der Waals surface area contributed by atoms with Gasteiger partial charge in [0.05, 0.1) is 50.8 Å². The Hall–Kier alpha value is -0.200. The van der Waals surface area contributed by atoms with Crippen molar-refractivity contribution in [2.45, 2.75) is 78.8 Å². The Morgan fingerprint density at radius 1 is 0.522 bits per heavy atom. The minimum absolute atomic E-state index is 0.0449. The Kier molecular flexibility index (Phi) is 15.2. The van der Waals surface area contributed by atoms with E-state index in [1.165, 1.54) is 0 Å². The molecule has 0 heterocycles. The van der Waals surface area contributed by atoms with Crippen LogP contribution < -0.4 is 0 Å². The Morgan fingerprint density at radius 3 is 1.35 bits per heavy atom. The second-order valence-electron chi connectivity index (χ2n) is 6.19. The van der Waals surface area contributed by atoms with Crippen LogP contribution in [0.15, 0.2) is 0 Å². The van der Waals surface area contributed by atoms with Crippen LogP contribution >= 0.6 is 0 Å². The average molecular weight is 334 g/mol. The zero-order valence-electron chi connectivity index (χ0n) is 16.0. The molecule has 0 aromatic rings. The summed E-state index contributed by atoms with van der Waals surface area (Å²) in [5.41, 5.74) is 0. The van der Waals surface area contributed by atoms with E-state index in [4.69, 9.17) is 23.7 Å². The molecule has 0 bridgehead atoms. The lowest BCUT2D eigenvalue weighted by molar-refractivity contribution is -0.0920. The molecule has 4 atom stereocenters. The summed E-state index contributed by atoms with van der Waals surface area (Å²) in [7, 11) is 0. The smallest absolute Gasteiger partial charge is 0.0781 e. The first-order valence-corrected chi connectivity index (χ1v) is 9.03. The van der Waals surface area contributed by atoms with Gasteiger partial charge < -0.3 is 23.7 Å². The molecule has 0 N–H and O–H groups in total. The molecule has 0 rings (SSSR count). The van der Waals surface area contributed by atoms with Crippen molar-refractivity contribution in [3.8, 4) is 0 Å². The molecule has 4 unspecified atom stereocenters. The monoisotopic (exact) mass is 334 g/mol. The molecular weight excluding hydrogens is 296 g/mol. The Labute approximate surface area is 143 Å². The van der Waals surface area contributed by atoms with Gasteiger partial charge in [-0.1, -0.05) is 13.8 Å². The summed E-state index contributed by atoms with van der Waals surface area (Å²) in [6, 6.07) is 0. The van der Waals surface area contributed by atoms with Gasteiger partial charge in [0.15, 0.2) is 0 Å². The summed E-state index contributed by atoms with van der Waals surface area (Å²) < 4.78 is 28.2. The molecule has 0 spiro atoms. The van der Waals surface area contributed by atoms with Crippen molar-refractivity contribution in [1.29, 1.82) is 0 Å². The van der Waals surface area contributed by atoms with Crippen LogP contribution in [0.1, 0.15) is 54.4 Å². The maximum Gasteiger partial charge on any atom is 0.0781 e. The van der Waals surface area contributed by atoms with E-state index in [1.54, 1.807) is 0 Å². The normalized spacial score (nSPS) is 17.0. The predicted octanol–water partition coefficient (Wildman–Crippen LogP) is 3.44. The lowest BCUT2D eigenvalue weighted by atomic mass is 10.3. The highest BCUT2D eigenvalue weighted by molar-refractivity contribution is 4.56. The summed E-state index contributed by atoms with van der Waals surface area (Å²) in [4.78, 5) is 0. The maximum absolute atomic E-state index is 5.76. The van der Waals surface area contributed by atoms with Crippen LogP contribution in [-0.2, 0) is 23.7 Å². The minimum Gasteiger partial charge on any atom is -0.379 e. The number of rotatable bonds is 16. The Balaban J connectivity index is 3.61. The molecule has 0 aliphatic rings. The molecule has 140 valence electrons. The zero-order chi connectivity index (χ0) is 17.5. The highest BCUT2D eigenvalue weighted by Gasteiger charge is 2.11. The first kappa shape index (κ1) is 22.8. The first-order valence-electron chi connectivity index (χ1n) is 9.03. The second kappa shape index (κ2) is 15.3. The molecule has 0 aromatic carbocycles.